The van der Waals surface area contributed by atoms with Gasteiger partial charge in [0.15, 0.2) is 0 Å². The van der Waals surface area contributed by atoms with Crippen LogP contribution in [-0.4, -0.2) is 38.9 Å². The third-order valence-electron chi connectivity index (χ3n) is 6.68. The van der Waals surface area contributed by atoms with Gasteiger partial charge in [-0.05, 0) is 117 Å². The van der Waals surface area contributed by atoms with Gasteiger partial charge in [-0.2, -0.15) is 25.3 Å². The Hall–Kier alpha value is -2.18. The van der Waals surface area contributed by atoms with E-state index in [9.17, 15) is 38.9 Å². The molecule has 9 nitrogen and oxygen atoms in total. The molecule has 0 saturated heterocycles. The van der Waals surface area contributed by atoms with Crippen LogP contribution in [0.15, 0.2) is 51.1 Å². The fourth-order valence-electron chi connectivity index (χ4n) is 4.30. The lowest BCUT2D eigenvalue weighted by Gasteiger charge is -2.27. The molecule has 0 aliphatic rings. The molecule has 0 unspecified atom stereocenters. The summed E-state index contributed by atoms with van der Waals surface area (Å²) in [5.74, 6) is 0. The molecule has 3 rings (SSSR count). The van der Waals surface area contributed by atoms with Crippen LogP contribution < -0.4 is 15.9 Å². The summed E-state index contributed by atoms with van der Waals surface area (Å²) in [5.41, 5.74) is 2.73. The van der Waals surface area contributed by atoms with Gasteiger partial charge < -0.3 is 0 Å². The minimum absolute atomic E-state index is 0.243. The summed E-state index contributed by atoms with van der Waals surface area (Å²) in [4.78, 5) is -0.728. The molecule has 0 heterocycles. The Morgan fingerprint density at radius 3 is 0.838 bits per heavy atom. The zero-order chi connectivity index (χ0) is 28.2. The quantitative estimate of drug-likeness (QED) is 0.291. The molecule has 13 heteroatoms. The van der Waals surface area contributed by atoms with Crippen molar-refractivity contribution in [3.8, 4) is 0 Å². The maximum absolute atomic E-state index is 11.9. The van der Waals surface area contributed by atoms with Crippen LogP contribution in [0.1, 0.15) is 33.4 Å². The standard InChI is InChI=1S/C24H27O9PS3/c1-13-16(4)22(35(25,26)27)10-7-19(13)34(20-8-11-23(36(28,29)30)17(5)14(20)2)21-9-12-24(37(31,32)33)18(6)15(21)3/h7-12H,1-6H3,(H,25,26,27)(H,28,29,30)(H,31,32,33). The molecule has 0 aromatic heterocycles. The van der Waals surface area contributed by atoms with Gasteiger partial charge in [-0.25, -0.2) is 0 Å². The van der Waals surface area contributed by atoms with E-state index in [1.165, 1.54) is 18.2 Å². The Balaban J connectivity index is 2.47. The first kappa shape index (κ1) is 29.4. The van der Waals surface area contributed by atoms with Crippen LogP contribution in [-0.2, 0) is 30.4 Å². The van der Waals surface area contributed by atoms with Crippen LogP contribution in [0.3, 0.4) is 0 Å². The highest BCUT2D eigenvalue weighted by molar-refractivity contribution is 7.86. The van der Waals surface area contributed by atoms with Crippen molar-refractivity contribution in [2.75, 3.05) is 0 Å². The molecular weight excluding hydrogens is 559 g/mol. The van der Waals surface area contributed by atoms with Crippen molar-refractivity contribution < 1.29 is 38.9 Å². The van der Waals surface area contributed by atoms with Crippen molar-refractivity contribution in [3.63, 3.8) is 0 Å². The van der Waals surface area contributed by atoms with Crippen molar-refractivity contribution in [3.05, 3.63) is 69.8 Å². The van der Waals surface area contributed by atoms with Crippen LogP contribution in [0.5, 0.6) is 0 Å². The SMILES string of the molecule is Cc1c(P(c2ccc(S(=O)(=O)O)c(C)c2C)c2ccc(S(=O)(=O)O)c(C)c2C)ccc(S(=O)(=O)O)c1C. The number of rotatable bonds is 6. The van der Waals surface area contributed by atoms with Crippen molar-refractivity contribution in [2.24, 2.45) is 0 Å². The third-order valence-corrected chi connectivity index (χ3v) is 12.6. The normalized spacial score (nSPS) is 12.8. The van der Waals surface area contributed by atoms with E-state index in [4.69, 9.17) is 0 Å². The van der Waals surface area contributed by atoms with E-state index in [2.05, 4.69) is 0 Å². The second-order valence-electron chi connectivity index (χ2n) is 8.76. The van der Waals surface area contributed by atoms with E-state index in [1.54, 1.807) is 59.7 Å². The molecule has 0 aliphatic carbocycles. The summed E-state index contributed by atoms with van der Waals surface area (Å²) in [6.07, 6.45) is 0. The van der Waals surface area contributed by atoms with Gasteiger partial charge >= 0.3 is 0 Å². The Morgan fingerprint density at radius 2 is 0.649 bits per heavy atom. The molecule has 3 N–H and O–H groups in total. The van der Waals surface area contributed by atoms with Gasteiger partial charge in [0.2, 0.25) is 0 Å². The molecule has 0 saturated carbocycles. The average Bonchev–Trinajstić information content (AvgIpc) is 2.74. The van der Waals surface area contributed by atoms with Crippen LogP contribution in [0.25, 0.3) is 0 Å². The zero-order valence-corrected chi connectivity index (χ0v) is 24.3. The van der Waals surface area contributed by atoms with Crippen molar-refractivity contribution in [2.45, 2.75) is 56.2 Å². The summed E-state index contributed by atoms with van der Waals surface area (Å²) in [6, 6.07) is 8.62. The predicted octanol–water partition coefficient (Wildman–Crippen LogP) is 3.04. The van der Waals surface area contributed by atoms with Gasteiger partial charge in [-0.3, -0.25) is 13.7 Å². The van der Waals surface area contributed by atoms with Crippen molar-refractivity contribution in [1.82, 2.24) is 0 Å². The molecule has 3 aromatic carbocycles. The summed E-state index contributed by atoms with van der Waals surface area (Å²) in [6.45, 7) is 9.81. The molecule has 3 aromatic rings. The second kappa shape index (κ2) is 9.85. The first-order valence-corrected chi connectivity index (χ1v) is 16.5. The topological polar surface area (TPSA) is 163 Å². The lowest BCUT2D eigenvalue weighted by atomic mass is 10.1. The Morgan fingerprint density at radius 1 is 0.432 bits per heavy atom. The summed E-state index contributed by atoms with van der Waals surface area (Å²) in [7, 11) is -15.0. The Bertz CT molecular complexity index is 1550. The highest BCUT2D eigenvalue weighted by Crippen LogP contribution is 2.40. The molecule has 0 spiro atoms. The second-order valence-corrected chi connectivity index (χ2v) is 15.0. The number of hydrogen-bond donors (Lipinski definition) is 3. The average molecular weight is 587 g/mol. The van der Waals surface area contributed by atoms with Crippen LogP contribution in [0.4, 0.5) is 0 Å². The highest BCUT2D eigenvalue weighted by atomic mass is 32.2. The molecule has 0 fully saturated rings. The molecule has 0 bridgehead atoms. The van der Waals surface area contributed by atoms with E-state index >= 15 is 0 Å². The molecule has 200 valence electrons. The molecule has 0 atom stereocenters. The molecule has 0 aliphatic heterocycles. The Kier molecular flexibility index (Phi) is 7.82. The summed E-state index contributed by atoms with van der Waals surface area (Å²) in [5, 5.41) is 2.09. The van der Waals surface area contributed by atoms with E-state index in [-0.39, 0.29) is 14.7 Å². The van der Waals surface area contributed by atoms with Crippen LogP contribution in [0, 0.1) is 41.5 Å². The Labute approximate surface area is 218 Å². The molecule has 0 amide bonds. The van der Waals surface area contributed by atoms with E-state index in [0.717, 1.165) is 0 Å². The van der Waals surface area contributed by atoms with E-state index in [0.29, 0.717) is 49.3 Å². The number of benzene rings is 3. The smallest absolute Gasteiger partial charge is 0.282 e. The maximum Gasteiger partial charge on any atom is 0.294 e. The largest absolute Gasteiger partial charge is 0.294 e. The van der Waals surface area contributed by atoms with Gasteiger partial charge in [0.25, 0.3) is 30.4 Å². The lowest BCUT2D eigenvalue weighted by Crippen LogP contribution is -2.28. The lowest BCUT2D eigenvalue weighted by molar-refractivity contribution is 0.480. The van der Waals surface area contributed by atoms with Crippen LogP contribution in [0.2, 0.25) is 0 Å². The van der Waals surface area contributed by atoms with Crippen LogP contribution >= 0.6 is 7.92 Å². The van der Waals surface area contributed by atoms with Crippen molar-refractivity contribution in [1.29, 1.82) is 0 Å². The number of hydrogen-bond acceptors (Lipinski definition) is 6. The van der Waals surface area contributed by atoms with Gasteiger partial charge in [-0.15, -0.1) is 0 Å². The molecule has 0 radical (unpaired) electrons. The van der Waals surface area contributed by atoms with Gasteiger partial charge in [0.05, 0.1) is 14.7 Å². The van der Waals surface area contributed by atoms with Gasteiger partial charge in [-0.1, -0.05) is 18.2 Å². The van der Waals surface area contributed by atoms with E-state index in [1.807, 2.05) is 0 Å². The summed E-state index contributed by atoms with van der Waals surface area (Å²) >= 11 is 0. The molecule has 37 heavy (non-hydrogen) atoms. The van der Waals surface area contributed by atoms with Crippen molar-refractivity contribution >= 4 is 54.2 Å². The van der Waals surface area contributed by atoms with Gasteiger partial charge in [0.1, 0.15) is 0 Å². The fourth-order valence-corrected chi connectivity index (χ4v) is 9.60. The highest BCUT2D eigenvalue weighted by Gasteiger charge is 2.29. The minimum Gasteiger partial charge on any atom is -0.282 e. The fraction of sp³-hybridized carbons (Fsp3) is 0.250. The minimum atomic E-state index is -4.48. The monoisotopic (exact) mass is 586 g/mol. The van der Waals surface area contributed by atoms with Gasteiger partial charge in [0, 0.05) is 0 Å². The first-order chi connectivity index (χ1) is 16.8. The first-order valence-electron chi connectivity index (χ1n) is 10.8. The molecular formula is C24H27O9PS3. The van der Waals surface area contributed by atoms with E-state index < -0.39 is 38.3 Å². The summed E-state index contributed by atoms with van der Waals surface area (Å²) < 4.78 is 100. The maximum atomic E-state index is 11.9. The third kappa shape index (κ3) is 5.51. The predicted molar refractivity (Wildman–Crippen MR) is 143 cm³/mol. The zero-order valence-electron chi connectivity index (χ0n) is 20.9.